The van der Waals surface area contributed by atoms with E-state index in [1.807, 2.05) is 0 Å². The molecule has 0 saturated heterocycles. The summed E-state index contributed by atoms with van der Waals surface area (Å²) in [7, 11) is 0. The van der Waals surface area contributed by atoms with Crippen molar-refractivity contribution in [1.29, 1.82) is 0 Å². The van der Waals surface area contributed by atoms with Gasteiger partial charge in [-0.1, -0.05) is 0 Å². The van der Waals surface area contributed by atoms with Crippen molar-refractivity contribution in [2.75, 3.05) is 10.6 Å². The minimum absolute atomic E-state index is 0.107. The number of carbonyl (C=O) groups is 2. The van der Waals surface area contributed by atoms with Crippen LogP contribution < -0.4 is 10.6 Å². The fourth-order valence-corrected chi connectivity index (χ4v) is 4.97. The number of urea groups is 1. The van der Waals surface area contributed by atoms with Gasteiger partial charge in [0.2, 0.25) is 0 Å². The summed E-state index contributed by atoms with van der Waals surface area (Å²) in [4.78, 5) is 33.2. The number of pyridine rings is 1. The van der Waals surface area contributed by atoms with E-state index < -0.39 is 34.9 Å². The Kier molecular flexibility index (Phi) is 6.75. The van der Waals surface area contributed by atoms with Gasteiger partial charge in [0.15, 0.2) is 5.60 Å². The molecule has 0 unspecified atom stereocenters. The van der Waals surface area contributed by atoms with Crippen LogP contribution in [0.1, 0.15) is 43.2 Å². The fraction of sp³-hybridized carbons (Fsp3) is 0.304. The number of amides is 2. The molecule has 4 rings (SSSR count). The lowest BCUT2D eigenvalue weighted by Crippen LogP contribution is -2.28. The molecule has 1 aliphatic carbocycles. The smallest absolute Gasteiger partial charge is 0.416 e. The van der Waals surface area contributed by atoms with Crippen LogP contribution in [-0.4, -0.2) is 22.0 Å². The number of aromatic nitrogens is 2. The number of thiazole rings is 1. The fourth-order valence-electron chi connectivity index (χ4n) is 3.88. The van der Waals surface area contributed by atoms with Gasteiger partial charge in [-0.3, -0.25) is 10.1 Å². The SMILES string of the molecule is CC(=O)OC1(c2ncc(-c3ccc(NC(=O)Nc4cc(C(F)(F)F)ccc4F)nc3)s2)CCCC1. The van der Waals surface area contributed by atoms with Gasteiger partial charge in [0.1, 0.15) is 16.6 Å². The van der Waals surface area contributed by atoms with Crippen molar-refractivity contribution in [3.8, 4) is 10.4 Å². The van der Waals surface area contributed by atoms with Crippen molar-refractivity contribution < 1.29 is 31.9 Å². The molecule has 7 nitrogen and oxygen atoms in total. The standard InChI is InChI=1S/C23H20F4N4O3S/c1-13(32)34-22(8-2-3-9-22)20-29-12-18(35-20)14-4-7-19(28-11-14)31-21(33)30-17-10-15(23(25,26)27)5-6-16(17)24/h4-7,10-12H,2-3,8-9H2,1H3,(H2,28,30,31,33). The average molecular weight is 508 g/mol. The number of rotatable bonds is 5. The maximum Gasteiger partial charge on any atom is 0.416 e. The van der Waals surface area contributed by atoms with Crippen LogP contribution in [0, 0.1) is 5.82 Å². The molecule has 35 heavy (non-hydrogen) atoms. The Bertz CT molecular complexity index is 1240. The topological polar surface area (TPSA) is 93.2 Å². The lowest BCUT2D eigenvalue weighted by molar-refractivity contribution is -0.157. The number of halogens is 4. The molecule has 0 spiro atoms. The van der Waals surface area contributed by atoms with Gasteiger partial charge in [-0.2, -0.15) is 13.2 Å². The number of hydrogen-bond acceptors (Lipinski definition) is 6. The van der Waals surface area contributed by atoms with E-state index in [0.717, 1.165) is 17.7 Å². The summed E-state index contributed by atoms with van der Waals surface area (Å²) in [5.41, 5.74) is -1.70. The summed E-state index contributed by atoms with van der Waals surface area (Å²) in [6, 6.07) is 3.95. The highest BCUT2D eigenvalue weighted by Crippen LogP contribution is 2.45. The summed E-state index contributed by atoms with van der Waals surface area (Å²) < 4.78 is 58.0. The molecule has 1 fully saturated rings. The van der Waals surface area contributed by atoms with Crippen LogP contribution in [0.4, 0.5) is 33.9 Å². The first-order valence-corrected chi connectivity index (χ1v) is 11.4. The van der Waals surface area contributed by atoms with Gasteiger partial charge in [-0.05, 0) is 56.0 Å². The Labute approximate surface area is 201 Å². The van der Waals surface area contributed by atoms with Gasteiger partial charge in [0.05, 0.1) is 16.1 Å². The maximum absolute atomic E-state index is 13.9. The second-order valence-corrected chi connectivity index (χ2v) is 9.06. The summed E-state index contributed by atoms with van der Waals surface area (Å²) in [5, 5.41) is 5.12. The predicted octanol–water partition coefficient (Wildman–Crippen LogP) is 6.34. The summed E-state index contributed by atoms with van der Waals surface area (Å²) in [6.45, 7) is 1.38. The Morgan fingerprint density at radius 3 is 2.43 bits per heavy atom. The highest BCUT2D eigenvalue weighted by molar-refractivity contribution is 7.15. The molecule has 184 valence electrons. The molecule has 0 bridgehead atoms. The van der Waals surface area contributed by atoms with Crippen LogP contribution in [0.5, 0.6) is 0 Å². The van der Waals surface area contributed by atoms with E-state index in [9.17, 15) is 27.2 Å². The van der Waals surface area contributed by atoms with Crippen LogP contribution in [0.2, 0.25) is 0 Å². The van der Waals surface area contributed by atoms with Crippen molar-refractivity contribution in [3.63, 3.8) is 0 Å². The minimum Gasteiger partial charge on any atom is -0.452 e. The van der Waals surface area contributed by atoms with E-state index >= 15 is 0 Å². The monoisotopic (exact) mass is 508 g/mol. The first kappa shape index (κ1) is 24.6. The van der Waals surface area contributed by atoms with Gasteiger partial charge in [-0.25, -0.2) is 19.2 Å². The van der Waals surface area contributed by atoms with Crippen LogP contribution in [-0.2, 0) is 21.3 Å². The number of nitrogens with zero attached hydrogens (tertiary/aromatic N) is 2. The minimum atomic E-state index is -4.68. The summed E-state index contributed by atoms with van der Waals surface area (Å²) in [5.74, 6) is -1.26. The Balaban J connectivity index is 1.44. The number of alkyl halides is 3. The number of ether oxygens (including phenoxy) is 1. The molecule has 0 aliphatic heterocycles. The zero-order chi connectivity index (χ0) is 25.2. The van der Waals surface area contributed by atoms with Gasteiger partial charge >= 0.3 is 18.2 Å². The maximum atomic E-state index is 13.9. The van der Waals surface area contributed by atoms with Gasteiger partial charge in [0.25, 0.3) is 0 Å². The Morgan fingerprint density at radius 1 is 1.06 bits per heavy atom. The largest absolute Gasteiger partial charge is 0.452 e. The molecule has 2 aromatic heterocycles. The van der Waals surface area contributed by atoms with Crippen molar-refractivity contribution >= 4 is 34.8 Å². The molecule has 0 atom stereocenters. The number of esters is 1. The summed E-state index contributed by atoms with van der Waals surface area (Å²) >= 11 is 1.39. The molecular weight excluding hydrogens is 488 g/mol. The number of benzene rings is 1. The zero-order valence-corrected chi connectivity index (χ0v) is 19.2. The molecule has 1 saturated carbocycles. The van der Waals surface area contributed by atoms with Crippen molar-refractivity contribution in [3.05, 3.63) is 59.1 Å². The van der Waals surface area contributed by atoms with Crippen molar-refractivity contribution in [2.24, 2.45) is 0 Å². The number of nitrogens with one attached hydrogen (secondary N) is 2. The third kappa shape index (κ3) is 5.59. The van der Waals surface area contributed by atoms with Gasteiger partial charge in [-0.15, -0.1) is 11.3 Å². The number of hydrogen-bond donors (Lipinski definition) is 2. The van der Waals surface area contributed by atoms with E-state index in [4.69, 9.17) is 4.74 Å². The van der Waals surface area contributed by atoms with Crippen LogP contribution >= 0.6 is 11.3 Å². The number of carbonyl (C=O) groups excluding carboxylic acids is 2. The van der Waals surface area contributed by atoms with E-state index in [1.54, 1.807) is 12.3 Å². The zero-order valence-electron chi connectivity index (χ0n) is 18.4. The third-order valence-corrected chi connectivity index (χ3v) is 6.71. The number of anilines is 2. The molecule has 2 N–H and O–H groups in total. The van der Waals surface area contributed by atoms with E-state index in [-0.39, 0.29) is 11.8 Å². The predicted molar refractivity (Wildman–Crippen MR) is 121 cm³/mol. The second kappa shape index (κ2) is 9.61. The van der Waals surface area contributed by atoms with Crippen molar-refractivity contribution in [2.45, 2.75) is 44.4 Å². The van der Waals surface area contributed by atoms with Crippen LogP contribution in [0.15, 0.2) is 42.7 Å². The van der Waals surface area contributed by atoms with Crippen LogP contribution in [0.25, 0.3) is 10.4 Å². The average Bonchev–Trinajstić information content (AvgIpc) is 3.45. The lowest BCUT2D eigenvalue weighted by Gasteiger charge is -2.25. The molecule has 1 aromatic carbocycles. The third-order valence-electron chi connectivity index (χ3n) is 5.48. The summed E-state index contributed by atoms with van der Waals surface area (Å²) in [6.07, 6.45) is 1.78. The second-order valence-electron chi connectivity index (χ2n) is 8.03. The molecule has 0 radical (unpaired) electrons. The lowest BCUT2D eigenvalue weighted by atomic mass is 10.0. The Morgan fingerprint density at radius 2 is 1.80 bits per heavy atom. The van der Waals surface area contributed by atoms with E-state index in [2.05, 4.69) is 20.6 Å². The first-order chi connectivity index (χ1) is 16.6. The molecule has 2 amide bonds. The molecule has 1 aliphatic rings. The van der Waals surface area contributed by atoms with Crippen LogP contribution in [0.3, 0.4) is 0 Å². The highest BCUT2D eigenvalue weighted by atomic mass is 32.1. The van der Waals surface area contributed by atoms with Crippen molar-refractivity contribution in [1.82, 2.24) is 9.97 Å². The first-order valence-electron chi connectivity index (χ1n) is 10.6. The molecule has 2 heterocycles. The van der Waals surface area contributed by atoms with Gasteiger partial charge in [0, 0.05) is 24.9 Å². The van der Waals surface area contributed by atoms with Gasteiger partial charge < -0.3 is 10.1 Å². The molecular formula is C23H20F4N4O3S. The van der Waals surface area contributed by atoms with E-state index in [1.165, 1.54) is 30.5 Å². The van der Waals surface area contributed by atoms with E-state index in [0.29, 0.717) is 41.6 Å². The molecule has 12 heteroatoms. The Hall–Kier alpha value is -3.54. The normalized spacial score (nSPS) is 15.0. The highest BCUT2D eigenvalue weighted by Gasteiger charge is 2.41. The quantitative estimate of drug-likeness (QED) is 0.310. The molecule has 3 aromatic rings.